The lowest BCUT2D eigenvalue weighted by Gasteiger charge is -2.09. The second kappa shape index (κ2) is 10.9. The molecule has 8 nitrogen and oxygen atoms in total. The average molecular weight is 499 g/mol. The lowest BCUT2D eigenvalue weighted by Crippen LogP contribution is -2.17. The van der Waals surface area contributed by atoms with E-state index in [1.807, 2.05) is 28.8 Å². The summed E-state index contributed by atoms with van der Waals surface area (Å²) in [6, 6.07) is 7.57. The van der Waals surface area contributed by atoms with Gasteiger partial charge >= 0.3 is 5.97 Å². The van der Waals surface area contributed by atoms with Crippen LogP contribution in [0.4, 0.5) is 5.00 Å². The number of fused-ring (bicyclic) bond motifs is 1. The number of thioether (sulfide) groups is 1. The van der Waals surface area contributed by atoms with Gasteiger partial charge in [0.15, 0.2) is 11.0 Å². The van der Waals surface area contributed by atoms with E-state index in [1.165, 1.54) is 23.1 Å². The van der Waals surface area contributed by atoms with Crippen LogP contribution in [0.5, 0.6) is 5.75 Å². The molecule has 0 bridgehead atoms. The third kappa shape index (κ3) is 5.02. The number of aromatic nitrogens is 3. The summed E-state index contributed by atoms with van der Waals surface area (Å²) in [4.78, 5) is 26.5. The Hall–Kier alpha value is -3.11. The fourth-order valence-corrected chi connectivity index (χ4v) is 5.91. The third-order valence-electron chi connectivity index (χ3n) is 5.34. The zero-order chi connectivity index (χ0) is 24.1. The zero-order valence-corrected chi connectivity index (χ0v) is 20.8. The van der Waals surface area contributed by atoms with Gasteiger partial charge in [0.05, 0.1) is 25.0 Å². The molecular weight excluding hydrogens is 472 g/mol. The Labute approximate surface area is 206 Å². The van der Waals surface area contributed by atoms with E-state index in [-0.39, 0.29) is 17.6 Å². The van der Waals surface area contributed by atoms with Crippen LogP contribution in [0.15, 0.2) is 42.1 Å². The summed E-state index contributed by atoms with van der Waals surface area (Å²) in [7, 11) is 1.61. The van der Waals surface area contributed by atoms with Crippen LogP contribution < -0.4 is 10.1 Å². The first-order valence-electron chi connectivity index (χ1n) is 11.0. The van der Waals surface area contributed by atoms with Crippen molar-refractivity contribution in [3.63, 3.8) is 0 Å². The minimum absolute atomic E-state index is 0.123. The van der Waals surface area contributed by atoms with Crippen LogP contribution in [-0.4, -0.2) is 46.1 Å². The van der Waals surface area contributed by atoms with Crippen molar-refractivity contribution < 1.29 is 19.1 Å². The summed E-state index contributed by atoms with van der Waals surface area (Å²) < 4.78 is 12.5. The van der Waals surface area contributed by atoms with Crippen molar-refractivity contribution in [3.05, 3.63) is 52.9 Å². The van der Waals surface area contributed by atoms with Crippen LogP contribution in [0.3, 0.4) is 0 Å². The maximum atomic E-state index is 12.8. The smallest absolute Gasteiger partial charge is 0.341 e. The Morgan fingerprint density at radius 2 is 2.18 bits per heavy atom. The van der Waals surface area contributed by atoms with E-state index in [0.717, 1.165) is 41.0 Å². The van der Waals surface area contributed by atoms with E-state index >= 15 is 0 Å². The minimum atomic E-state index is -0.376. The third-order valence-corrected chi connectivity index (χ3v) is 7.52. The maximum Gasteiger partial charge on any atom is 0.341 e. The van der Waals surface area contributed by atoms with Gasteiger partial charge in [-0.2, -0.15) is 0 Å². The van der Waals surface area contributed by atoms with Gasteiger partial charge in [-0.1, -0.05) is 30.0 Å². The van der Waals surface area contributed by atoms with E-state index in [1.54, 1.807) is 20.1 Å². The van der Waals surface area contributed by atoms with Crippen LogP contribution in [0.2, 0.25) is 0 Å². The van der Waals surface area contributed by atoms with Crippen molar-refractivity contribution in [1.82, 2.24) is 14.8 Å². The van der Waals surface area contributed by atoms with Crippen LogP contribution in [0.1, 0.15) is 34.1 Å². The van der Waals surface area contributed by atoms with Crippen LogP contribution >= 0.6 is 23.1 Å². The number of esters is 1. The van der Waals surface area contributed by atoms with Crippen molar-refractivity contribution in [1.29, 1.82) is 0 Å². The number of rotatable bonds is 10. The topological polar surface area (TPSA) is 95.3 Å². The molecule has 2 aromatic heterocycles. The minimum Gasteiger partial charge on any atom is -0.497 e. The number of benzene rings is 1. The summed E-state index contributed by atoms with van der Waals surface area (Å²) >= 11 is 2.75. The summed E-state index contributed by atoms with van der Waals surface area (Å²) in [6.45, 7) is 6.39. The monoisotopic (exact) mass is 498 g/mol. The number of amides is 1. The first-order valence-corrected chi connectivity index (χ1v) is 12.8. The van der Waals surface area contributed by atoms with E-state index < -0.39 is 0 Å². The highest BCUT2D eigenvalue weighted by Crippen LogP contribution is 2.39. The highest BCUT2D eigenvalue weighted by atomic mass is 32.2. The van der Waals surface area contributed by atoms with Gasteiger partial charge in [0, 0.05) is 17.0 Å². The number of thiophene rings is 1. The van der Waals surface area contributed by atoms with Gasteiger partial charge in [0.1, 0.15) is 10.8 Å². The molecule has 0 atom stereocenters. The number of carbonyl (C=O) groups excluding carboxylic acids is 2. The molecule has 178 valence electrons. The molecule has 0 unspecified atom stereocenters. The number of carbonyl (C=O) groups is 2. The molecule has 0 spiro atoms. The van der Waals surface area contributed by atoms with Crippen molar-refractivity contribution in [2.24, 2.45) is 0 Å². The second-order valence-corrected chi connectivity index (χ2v) is 9.60. The first kappa shape index (κ1) is 24.0. The Balaban J connectivity index is 1.49. The lowest BCUT2D eigenvalue weighted by atomic mass is 10.1. The van der Waals surface area contributed by atoms with Crippen LogP contribution in [0.25, 0.3) is 11.4 Å². The Bertz CT molecular complexity index is 1220. The Kier molecular flexibility index (Phi) is 7.69. The molecule has 1 aromatic carbocycles. The Morgan fingerprint density at radius 3 is 2.94 bits per heavy atom. The quantitative estimate of drug-likeness (QED) is 0.248. The molecule has 0 saturated heterocycles. The fourth-order valence-electron chi connectivity index (χ4n) is 3.87. The Morgan fingerprint density at radius 1 is 1.32 bits per heavy atom. The molecule has 1 aliphatic rings. The van der Waals surface area contributed by atoms with Gasteiger partial charge in [-0.3, -0.25) is 9.36 Å². The van der Waals surface area contributed by atoms with Crippen LogP contribution in [-0.2, 0) is 28.9 Å². The van der Waals surface area contributed by atoms with Crippen molar-refractivity contribution >= 4 is 40.0 Å². The standard InChI is InChI=1S/C24H26N4O4S2/c1-4-12-28-21(15-8-6-9-16(13-15)31-3)26-27-24(28)33-14-19(29)25-22-20(23(30)32-5-2)17-10-7-11-18(17)34-22/h4,6,8-9,13H,1,5,7,10-12,14H2,2-3H3,(H,25,29). The molecule has 2 heterocycles. The van der Waals surface area contributed by atoms with Gasteiger partial charge in [-0.25, -0.2) is 4.79 Å². The zero-order valence-electron chi connectivity index (χ0n) is 19.1. The molecular formula is C24H26N4O4S2. The molecule has 4 rings (SSSR count). The second-order valence-electron chi connectivity index (χ2n) is 7.56. The molecule has 1 amide bonds. The number of nitrogens with zero attached hydrogens (tertiary/aromatic N) is 3. The number of hydrogen-bond acceptors (Lipinski definition) is 8. The van der Waals surface area contributed by atoms with Crippen molar-refractivity contribution in [2.45, 2.75) is 37.9 Å². The van der Waals surface area contributed by atoms with Crippen LogP contribution in [0, 0.1) is 0 Å². The van der Waals surface area contributed by atoms with Gasteiger partial charge < -0.3 is 14.8 Å². The summed E-state index contributed by atoms with van der Waals surface area (Å²) in [5.41, 5.74) is 2.38. The maximum absolute atomic E-state index is 12.8. The molecule has 1 N–H and O–H groups in total. The number of aryl methyl sites for hydroxylation is 1. The fraction of sp³-hybridized carbons (Fsp3) is 0.333. The number of anilines is 1. The van der Waals surface area contributed by atoms with Crippen molar-refractivity contribution in [2.75, 3.05) is 24.8 Å². The number of allylic oxidation sites excluding steroid dienone is 1. The SMILES string of the molecule is C=CCn1c(SCC(=O)Nc2sc3c(c2C(=O)OCC)CCC3)nnc1-c1cccc(OC)c1. The predicted molar refractivity (Wildman–Crippen MR) is 134 cm³/mol. The molecule has 0 radical (unpaired) electrons. The average Bonchev–Trinajstić information content (AvgIpc) is 3.53. The lowest BCUT2D eigenvalue weighted by molar-refractivity contribution is -0.113. The number of ether oxygens (including phenoxy) is 2. The first-order chi connectivity index (χ1) is 16.5. The molecule has 0 saturated carbocycles. The molecule has 34 heavy (non-hydrogen) atoms. The van der Waals surface area contributed by atoms with Gasteiger partial charge in [-0.05, 0) is 43.9 Å². The van der Waals surface area contributed by atoms with E-state index in [4.69, 9.17) is 9.47 Å². The highest BCUT2D eigenvalue weighted by Gasteiger charge is 2.28. The van der Waals surface area contributed by atoms with Gasteiger partial charge in [-0.15, -0.1) is 28.1 Å². The van der Waals surface area contributed by atoms with Gasteiger partial charge in [0.2, 0.25) is 5.91 Å². The number of hydrogen-bond donors (Lipinski definition) is 1. The van der Waals surface area contributed by atoms with E-state index in [0.29, 0.717) is 34.7 Å². The van der Waals surface area contributed by atoms with Crippen molar-refractivity contribution in [3.8, 4) is 17.1 Å². The molecule has 1 aliphatic carbocycles. The number of methoxy groups -OCH3 is 1. The molecule has 3 aromatic rings. The molecule has 0 fully saturated rings. The highest BCUT2D eigenvalue weighted by molar-refractivity contribution is 7.99. The largest absolute Gasteiger partial charge is 0.497 e. The normalized spacial score (nSPS) is 12.3. The molecule has 0 aliphatic heterocycles. The number of nitrogens with one attached hydrogen (secondary N) is 1. The summed E-state index contributed by atoms with van der Waals surface area (Å²) in [5, 5.41) is 12.7. The predicted octanol–water partition coefficient (Wildman–Crippen LogP) is 4.60. The summed E-state index contributed by atoms with van der Waals surface area (Å²) in [5.74, 6) is 0.920. The molecule has 10 heteroatoms. The van der Waals surface area contributed by atoms with Gasteiger partial charge in [0.25, 0.3) is 0 Å². The van der Waals surface area contributed by atoms with E-state index in [9.17, 15) is 9.59 Å². The van der Waals surface area contributed by atoms with E-state index in [2.05, 4.69) is 22.1 Å². The summed E-state index contributed by atoms with van der Waals surface area (Å²) in [6.07, 6.45) is 4.54.